The van der Waals surface area contributed by atoms with Gasteiger partial charge < -0.3 is 15.5 Å². The second-order valence-electron chi connectivity index (χ2n) is 5.80. The Morgan fingerprint density at radius 3 is 3.00 bits per heavy atom. The van der Waals surface area contributed by atoms with Crippen LogP contribution in [0.1, 0.15) is 30.9 Å². The predicted molar refractivity (Wildman–Crippen MR) is 78.7 cm³/mol. The van der Waals surface area contributed by atoms with Gasteiger partial charge in [-0.25, -0.2) is 4.98 Å². The molecule has 5 nitrogen and oxygen atoms in total. The third-order valence-electron chi connectivity index (χ3n) is 4.05. The van der Waals surface area contributed by atoms with E-state index in [-0.39, 0.29) is 11.9 Å². The minimum absolute atomic E-state index is 0.0805. The second-order valence-corrected chi connectivity index (χ2v) is 5.80. The minimum Gasteiger partial charge on any atom is -0.353 e. The number of amides is 1. The zero-order valence-electron chi connectivity index (χ0n) is 12.1. The fourth-order valence-electron chi connectivity index (χ4n) is 2.64. The van der Waals surface area contributed by atoms with E-state index in [0.29, 0.717) is 12.6 Å². The fourth-order valence-corrected chi connectivity index (χ4v) is 2.64. The number of carbonyl (C=O) groups is 1. The van der Waals surface area contributed by atoms with Crippen LogP contribution in [0.5, 0.6) is 0 Å². The molecule has 5 heteroatoms. The van der Waals surface area contributed by atoms with Gasteiger partial charge in [0.25, 0.3) is 0 Å². The van der Waals surface area contributed by atoms with E-state index < -0.39 is 0 Å². The first-order valence-corrected chi connectivity index (χ1v) is 7.38. The highest BCUT2D eigenvalue weighted by atomic mass is 16.2. The molecule has 0 bridgehead atoms. The van der Waals surface area contributed by atoms with E-state index in [1.54, 1.807) is 0 Å². The van der Waals surface area contributed by atoms with Gasteiger partial charge in [0, 0.05) is 31.9 Å². The number of aryl methyl sites for hydroxylation is 1. The number of piperazine rings is 1. The molecule has 2 fully saturated rings. The first-order valence-electron chi connectivity index (χ1n) is 7.38. The van der Waals surface area contributed by atoms with Crippen molar-refractivity contribution in [2.75, 3.05) is 18.0 Å². The number of aromatic nitrogens is 1. The lowest BCUT2D eigenvalue weighted by molar-refractivity contribution is -0.122. The monoisotopic (exact) mass is 274 g/mol. The fraction of sp³-hybridized carbons (Fsp3) is 0.600. The van der Waals surface area contributed by atoms with Crippen LogP contribution in [-0.4, -0.2) is 36.1 Å². The van der Waals surface area contributed by atoms with E-state index in [1.807, 2.05) is 13.1 Å². The lowest BCUT2D eigenvalue weighted by Gasteiger charge is -2.34. The number of pyridine rings is 1. The normalized spacial score (nSPS) is 22.8. The maximum atomic E-state index is 11.7. The lowest BCUT2D eigenvalue weighted by atomic mass is 10.1. The molecule has 1 aliphatic carbocycles. The van der Waals surface area contributed by atoms with Crippen LogP contribution < -0.4 is 15.5 Å². The van der Waals surface area contributed by atoms with Gasteiger partial charge in [0.2, 0.25) is 5.91 Å². The Balaban J connectivity index is 1.73. The van der Waals surface area contributed by atoms with E-state index in [9.17, 15) is 4.79 Å². The van der Waals surface area contributed by atoms with Gasteiger partial charge in [0.15, 0.2) is 0 Å². The highest BCUT2D eigenvalue weighted by Gasteiger charge is 2.27. The smallest absolute Gasteiger partial charge is 0.242 e. The van der Waals surface area contributed by atoms with Crippen LogP contribution >= 0.6 is 0 Å². The van der Waals surface area contributed by atoms with Gasteiger partial charge in [-0.3, -0.25) is 4.79 Å². The Labute approximate surface area is 119 Å². The number of anilines is 1. The Bertz CT molecular complexity index is 513. The number of nitrogens with one attached hydrogen (secondary N) is 2. The van der Waals surface area contributed by atoms with Crippen molar-refractivity contribution >= 4 is 11.7 Å². The number of hydrogen-bond acceptors (Lipinski definition) is 4. The Morgan fingerprint density at radius 1 is 1.50 bits per heavy atom. The Kier molecular flexibility index (Phi) is 3.61. The van der Waals surface area contributed by atoms with Gasteiger partial charge in [-0.15, -0.1) is 0 Å². The summed E-state index contributed by atoms with van der Waals surface area (Å²) in [5, 5.41) is 6.38. The molecule has 1 atom stereocenters. The van der Waals surface area contributed by atoms with E-state index >= 15 is 0 Å². The van der Waals surface area contributed by atoms with Crippen molar-refractivity contribution in [3.05, 3.63) is 23.4 Å². The SMILES string of the molecule is Cc1cc(CNC2CC2)cnc1N1CCNC(=O)C1C. The molecule has 0 radical (unpaired) electrons. The standard InChI is InChI=1S/C15H22N4O/c1-10-7-12(8-17-13-3-4-13)9-18-14(10)19-6-5-16-15(20)11(19)2/h7,9,11,13,17H,3-6,8H2,1-2H3,(H,16,20). The van der Waals surface area contributed by atoms with Crippen LogP contribution in [0.25, 0.3) is 0 Å². The molecule has 1 aromatic heterocycles. The molecule has 2 N–H and O–H groups in total. The van der Waals surface area contributed by atoms with Gasteiger partial charge in [0.05, 0.1) is 0 Å². The van der Waals surface area contributed by atoms with E-state index in [4.69, 9.17) is 0 Å². The summed E-state index contributed by atoms with van der Waals surface area (Å²) in [7, 11) is 0. The van der Waals surface area contributed by atoms with Crippen molar-refractivity contribution in [1.82, 2.24) is 15.6 Å². The van der Waals surface area contributed by atoms with Gasteiger partial charge >= 0.3 is 0 Å². The van der Waals surface area contributed by atoms with Crippen molar-refractivity contribution in [3.63, 3.8) is 0 Å². The van der Waals surface area contributed by atoms with Gasteiger partial charge in [-0.05, 0) is 43.9 Å². The number of carbonyl (C=O) groups excluding carboxylic acids is 1. The molecule has 1 saturated heterocycles. The minimum atomic E-state index is -0.148. The van der Waals surface area contributed by atoms with Gasteiger partial charge in [-0.1, -0.05) is 0 Å². The molecule has 108 valence electrons. The summed E-state index contributed by atoms with van der Waals surface area (Å²) >= 11 is 0. The average Bonchev–Trinajstić information content (AvgIpc) is 3.24. The number of nitrogens with zero attached hydrogens (tertiary/aromatic N) is 2. The lowest BCUT2D eigenvalue weighted by Crippen LogP contribution is -2.54. The van der Waals surface area contributed by atoms with Crippen LogP contribution in [0, 0.1) is 6.92 Å². The predicted octanol–water partition coefficient (Wildman–Crippen LogP) is 0.967. The van der Waals surface area contributed by atoms with Crippen molar-refractivity contribution in [2.45, 2.75) is 45.3 Å². The van der Waals surface area contributed by atoms with E-state index in [2.05, 4.69) is 33.5 Å². The molecule has 3 rings (SSSR count). The first-order chi connectivity index (χ1) is 9.65. The summed E-state index contributed by atoms with van der Waals surface area (Å²) in [6.07, 6.45) is 4.52. The highest BCUT2D eigenvalue weighted by molar-refractivity contribution is 5.86. The van der Waals surface area contributed by atoms with Crippen molar-refractivity contribution < 1.29 is 4.79 Å². The van der Waals surface area contributed by atoms with Crippen molar-refractivity contribution in [1.29, 1.82) is 0 Å². The molecule has 0 aromatic carbocycles. The van der Waals surface area contributed by atoms with E-state index in [1.165, 1.54) is 18.4 Å². The molecular weight excluding hydrogens is 252 g/mol. The van der Waals surface area contributed by atoms with Crippen molar-refractivity contribution in [2.24, 2.45) is 0 Å². The van der Waals surface area contributed by atoms with Gasteiger partial charge in [-0.2, -0.15) is 0 Å². The number of rotatable bonds is 4. The quantitative estimate of drug-likeness (QED) is 0.859. The topological polar surface area (TPSA) is 57.3 Å². The number of hydrogen-bond donors (Lipinski definition) is 2. The molecule has 0 spiro atoms. The van der Waals surface area contributed by atoms with Crippen molar-refractivity contribution in [3.8, 4) is 0 Å². The zero-order chi connectivity index (χ0) is 14.1. The van der Waals surface area contributed by atoms with Crippen LogP contribution in [0.2, 0.25) is 0 Å². The zero-order valence-corrected chi connectivity index (χ0v) is 12.1. The third-order valence-corrected chi connectivity index (χ3v) is 4.05. The summed E-state index contributed by atoms with van der Waals surface area (Å²) in [5.74, 6) is 1.01. The summed E-state index contributed by atoms with van der Waals surface area (Å²) in [6.45, 7) is 6.39. The molecule has 1 unspecified atom stereocenters. The summed E-state index contributed by atoms with van der Waals surface area (Å²) in [4.78, 5) is 18.4. The van der Waals surface area contributed by atoms with Crippen LogP contribution in [-0.2, 0) is 11.3 Å². The summed E-state index contributed by atoms with van der Waals surface area (Å²) in [6, 6.07) is 2.74. The van der Waals surface area contributed by atoms with Gasteiger partial charge in [0.1, 0.15) is 11.9 Å². The Morgan fingerprint density at radius 2 is 2.30 bits per heavy atom. The third kappa shape index (κ3) is 2.77. The van der Waals surface area contributed by atoms with Crippen LogP contribution in [0.4, 0.5) is 5.82 Å². The first kappa shape index (κ1) is 13.4. The van der Waals surface area contributed by atoms with Crippen LogP contribution in [0.3, 0.4) is 0 Å². The Hall–Kier alpha value is -1.62. The molecule has 1 saturated carbocycles. The van der Waals surface area contributed by atoms with Crippen LogP contribution in [0.15, 0.2) is 12.3 Å². The maximum absolute atomic E-state index is 11.7. The largest absolute Gasteiger partial charge is 0.353 e. The molecule has 1 aromatic rings. The molecule has 2 aliphatic rings. The summed E-state index contributed by atoms with van der Waals surface area (Å²) < 4.78 is 0. The second kappa shape index (κ2) is 5.40. The highest BCUT2D eigenvalue weighted by Crippen LogP contribution is 2.23. The molecule has 2 heterocycles. The molecule has 20 heavy (non-hydrogen) atoms. The molecule has 1 aliphatic heterocycles. The summed E-state index contributed by atoms with van der Waals surface area (Å²) in [5.41, 5.74) is 2.36. The molecule has 1 amide bonds. The molecular formula is C15H22N4O. The maximum Gasteiger partial charge on any atom is 0.242 e. The average molecular weight is 274 g/mol. The van der Waals surface area contributed by atoms with E-state index in [0.717, 1.165) is 24.5 Å².